The molecule has 2 aromatic rings. The van der Waals surface area contributed by atoms with Crippen LogP contribution in [0, 0.1) is 0 Å². The minimum absolute atomic E-state index is 0.137. The highest BCUT2D eigenvalue weighted by atomic mass is 16.5. The fraction of sp³-hybridized carbons (Fsp3) is 0.238. The summed E-state index contributed by atoms with van der Waals surface area (Å²) in [4.78, 5) is 24.6. The highest BCUT2D eigenvalue weighted by Crippen LogP contribution is 2.29. The number of amides is 2. The molecular formula is C21H24N2O4. The molecule has 2 amide bonds. The topological polar surface area (TPSA) is 76.7 Å². The summed E-state index contributed by atoms with van der Waals surface area (Å²) < 4.78 is 11.2. The molecule has 6 nitrogen and oxygen atoms in total. The van der Waals surface area contributed by atoms with E-state index in [0.717, 1.165) is 0 Å². The molecule has 2 N–H and O–H groups in total. The van der Waals surface area contributed by atoms with Crippen molar-refractivity contribution in [3.63, 3.8) is 0 Å². The van der Waals surface area contributed by atoms with Crippen molar-refractivity contribution in [2.75, 3.05) is 20.3 Å². The standard InChI is InChI=1S/C21H24N2O4/c1-4-26-18-12-11-15(14-19(18)27-5-2)13-17(21(25)22-3)23-20(24)16-9-7-6-8-10-16/h6-14H,4-5H2,1-3H3,(H,22,25)(H,23,24)/b17-13-. The summed E-state index contributed by atoms with van der Waals surface area (Å²) in [5.41, 5.74) is 1.31. The number of rotatable bonds is 8. The Morgan fingerprint density at radius 2 is 1.63 bits per heavy atom. The fourth-order valence-corrected chi connectivity index (χ4v) is 2.40. The quantitative estimate of drug-likeness (QED) is 0.702. The van der Waals surface area contributed by atoms with Crippen molar-refractivity contribution in [1.82, 2.24) is 10.6 Å². The number of hydrogen-bond donors (Lipinski definition) is 2. The molecule has 0 atom stereocenters. The van der Waals surface area contributed by atoms with Crippen LogP contribution in [0.2, 0.25) is 0 Å². The van der Waals surface area contributed by atoms with Crippen molar-refractivity contribution >= 4 is 17.9 Å². The van der Waals surface area contributed by atoms with Gasteiger partial charge >= 0.3 is 0 Å². The first-order chi connectivity index (χ1) is 13.1. The van der Waals surface area contributed by atoms with E-state index in [9.17, 15) is 9.59 Å². The van der Waals surface area contributed by atoms with Crippen molar-refractivity contribution < 1.29 is 19.1 Å². The van der Waals surface area contributed by atoms with Gasteiger partial charge in [0.15, 0.2) is 11.5 Å². The third-order valence-corrected chi connectivity index (χ3v) is 3.63. The summed E-state index contributed by atoms with van der Waals surface area (Å²) in [7, 11) is 1.51. The van der Waals surface area contributed by atoms with Crippen molar-refractivity contribution in [2.24, 2.45) is 0 Å². The number of likely N-dealkylation sites (N-methyl/N-ethyl adjacent to an activating group) is 1. The Morgan fingerprint density at radius 1 is 0.963 bits per heavy atom. The molecule has 0 saturated heterocycles. The molecule has 0 aliphatic heterocycles. The molecule has 0 spiro atoms. The predicted octanol–water partition coefficient (Wildman–Crippen LogP) is 3.00. The van der Waals surface area contributed by atoms with E-state index in [4.69, 9.17) is 9.47 Å². The van der Waals surface area contributed by atoms with Gasteiger partial charge in [0.05, 0.1) is 13.2 Å². The Morgan fingerprint density at radius 3 is 2.26 bits per heavy atom. The molecule has 0 fully saturated rings. The van der Waals surface area contributed by atoms with E-state index in [-0.39, 0.29) is 11.6 Å². The Labute approximate surface area is 159 Å². The van der Waals surface area contributed by atoms with Crippen LogP contribution in [0.15, 0.2) is 54.2 Å². The molecule has 0 radical (unpaired) electrons. The van der Waals surface area contributed by atoms with Gasteiger partial charge in [0.25, 0.3) is 11.8 Å². The maximum absolute atomic E-state index is 12.4. The first kappa shape index (κ1) is 20.0. The van der Waals surface area contributed by atoms with Crippen LogP contribution in [0.4, 0.5) is 0 Å². The maximum atomic E-state index is 12.4. The second-order valence-electron chi connectivity index (χ2n) is 5.53. The molecule has 0 saturated carbocycles. The second-order valence-corrected chi connectivity index (χ2v) is 5.53. The molecule has 0 aliphatic rings. The molecule has 0 aromatic heterocycles. The van der Waals surface area contributed by atoms with E-state index in [1.54, 1.807) is 48.5 Å². The lowest BCUT2D eigenvalue weighted by Gasteiger charge is -2.12. The molecule has 2 aromatic carbocycles. The molecule has 0 aliphatic carbocycles. The minimum atomic E-state index is -0.397. The fourth-order valence-electron chi connectivity index (χ4n) is 2.40. The van der Waals surface area contributed by atoms with E-state index in [0.29, 0.717) is 35.8 Å². The lowest BCUT2D eigenvalue weighted by molar-refractivity contribution is -0.117. The largest absolute Gasteiger partial charge is 0.490 e. The van der Waals surface area contributed by atoms with Crippen LogP contribution in [-0.2, 0) is 4.79 Å². The highest BCUT2D eigenvalue weighted by Gasteiger charge is 2.14. The zero-order valence-corrected chi connectivity index (χ0v) is 15.7. The number of hydrogen-bond acceptors (Lipinski definition) is 4. The normalized spacial score (nSPS) is 10.9. The summed E-state index contributed by atoms with van der Waals surface area (Å²) in [5.74, 6) is 0.456. The van der Waals surface area contributed by atoms with Gasteiger partial charge in [-0.2, -0.15) is 0 Å². The Bertz CT molecular complexity index is 816. The van der Waals surface area contributed by atoms with E-state index in [1.807, 2.05) is 19.9 Å². The van der Waals surface area contributed by atoms with Gasteiger partial charge in [-0.15, -0.1) is 0 Å². The Hall–Kier alpha value is -3.28. The van der Waals surface area contributed by atoms with Gasteiger partial charge in [0.1, 0.15) is 5.70 Å². The first-order valence-corrected chi connectivity index (χ1v) is 8.78. The number of carbonyl (C=O) groups is 2. The van der Waals surface area contributed by atoms with E-state index in [1.165, 1.54) is 7.05 Å². The third-order valence-electron chi connectivity index (χ3n) is 3.63. The summed E-state index contributed by atoms with van der Waals surface area (Å²) >= 11 is 0. The Balaban J connectivity index is 2.33. The Kier molecular flexibility index (Phi) is 7.43. The first-order valence-electron chi connectivity index (χ1n) is 8.78. The van der Waals surface area contributed by atoms with Gasteiger partial charge in [0, 0.05) is 12.6 Å². The van der Waals surface area contributed by atoms with Gasteiger partial charge in [-0.3, -0.25) is 9.59 Å². The molecule has 2 rings (SSSR count). The number of nitrogens with one attached hydrogen (secondary N) is 2. The van der Waals surface area contributed by atoms with Gasteiger partial charge in [-0.25, -0.2) is 0 Å². The molecule has 0 unspecified atom stereocenters. The van der Waals surface area contributed by atoms with Crippen molar-refractivity contribution in [2.45, 2.75) is 13.8 Å². The van der Waals surface area contributed by atoms with Crippen LogP contribution in [0.3, 0.4) is 0 Å². The van der Waals surface area contributed by atoms with Gasteiger partial charge in [0.2, 0.25) is 0 Å². The van der Waals surface area contributed by atoms with Crippen LogP contribution < -0.4 is 20.1 Å². The van der Waals surface area contributed by atoms with Crippen LogP contribution in [0.5, 0.6) is 11.5 Å². The van der Waals surface area contributed by atoms with Crippen molar-refractivity contribution in [3.05, 3.63) is 65.4 Å². The molecule has 6 heteroatoms. The highest BCUT2D eigenvalue weighted by molar-refractivity contribution is 6.05. The summed E-state index contributed by atoms with van der Waals surface area (Å²) in [6.07, 6.45) is 1.60. The van der Waals surface area contributed by atoms with Crippen molar-refractivity contribution in [3.8, 4) is 11.5 Å². The van der Waals surface area contributed by atoms with Crippen molar-refractivity contribution in [1.29, 1.82) is 0 Å². The lowest BCUT2D eigenvalue weighted by atomic mass is 10.1. The zero-order chi connectivity index (χ0) is 19.6. The molecular weight excluding hydrogens is 344 g/mol. The SMILES string of the molecule is CCOc1ccc(/C=C(\NC(=O)c2ccccc2)C(=O)NC)cc1OCC. The summed E-state index contributed by atoms with van der Waals surface area (Å²) in [6, 6.07) is 14.1. The second kappa shape index (κ2) is 10.0. The number of ether oxygens (including phenoxy) is 2. The van der Waals surface area contributed by atoms with Crippen LogP contribution >= 0.6 is 0 Å². The lowest BCUT2D eigenvalue weighted by Crippen LogP contribution is -2.33. The average molecular weight is 368 g/mol. The minimum Gasteiger partial charge on any atom is -0.490 e. The van der Waals surface area contributed by atoms with Gasteiger partial charge in [-0.05, 0) is 49.8 Å². The van der Waals surface area contributed by atoms with Gasteiger partial charge < -0.3 is 20.1 Å². The predicted molar refractivity (Wildman–Crippen MR) is 105 cm³/mol. The summed E-state index contributed by atoms with van der Waals surface area (Å²) in [5, 5.41) is 5.20. The third kappa shape index (κ3) is 5.60. The van der Waals surface area contributed by atoms with E-state index >= 15 is 0 Å². The molecule has 0 heterocycles. The van der Waals surface area contributed by atoms with Crippen LogP contribution in [0.25, 0.3) is 6.08 Å². The van der Waals surface area contributed by atoms with E-state index < -0.39 is 5.91 Å². The summed E-state index contributed by atoms with van der Waals surface area (Å²) in [6.45, 7) is 4.78. The molecule has 0 bridgehead atoms. The number of carbonyl (C=O) groups excluding carboxylic acids is 2. The van der Waals surface area contributed by atoms with Crippen LogP contribution in [0.1, 0.15) is 29.8 Å². The molecule has 27 heavy (non-hydrogen) atoms. The maximum Gasteiger partial charge on any atom is 0.267 e. The smallest absolute Gasteiger partial charge is 0.267 e. The van der Waals surface area contributed by atoms with Crippen LogP contribution in [-0.4, -0.2) is 32.1 Å². The number of benzene rings is 2. The van der Waals surface area contributed by atoms with Gasteiger partial charge in [-0.1, -0.05) is 24.3 Å². The monoisotopic (exact) mass is 368 g/mol. The molecule has 142 valence electrons. The average Bonchev–Trinajstić information content (AvgIpc) is 2.69. The van der Waals surface area contributed by atoms with E-state index in [2.05, 4.69) is 10.6 Å². The zero-order valence-electron chi connectivity index (χ0n) is 15.7.